The zero-order chi connectivity index (χ0) is 9.68. The van der Waals surface area contributed by atoms with Crippen LogP contribution in [-0.2, 0) is 5.75 Å². The molecule has 0 aliphatic heterocycles. The topological polar surface area (TPSA) is 63.3 Å². The molecule has 0 bridgehead atoms. The fraction of sp³-hybridized carbons (Fsp3) is 0.200. The molecule has 0 radical (unpaired) electrons. The van der Waals surface area contributed by atoms with Gasteiger partial charge >= 0.3 is 0 Å². The predicted octanol–water partition coefficient (Wildman–Crippen LogP) is 2.41. The van der Waals surface area contributed by atoms with Crippen molar-refractivity contribution in [1.29, 1.82) is 0 Å². The number of amidine groups is 1. The van der Waals surface area contributed by atoms with E-state index < -0.39 is 0 Å². The minimum absolute atomic E-state index is 0.329. The third-order valence-electron chi connectivity index (χ3n) is 1.08. The first-order valence-electron chi connectivity index (χ1n) is 3.14. The molecular formula is C5H6Cl2N4S2. The van der Waals surface area contributed by atoms with Crippen LogP contribution in [0.4, 0.5) is 5.13 Å². The lowest BCUT2D eigenvalue weighted by atomic mass is 10.6. The number of nitrogens with one attached hydrogen (secondary N) is 1. The van der Waals surface area contributed by atoms with Crippen LogP contribution in [0.25, 0.3) is 0 Å². The van der Waals surface area contributed by atoms with Crippen molar-refractivity contribution < 1.29 is 0 Å². The number of hydrogen-bond donors (Lipinski definition) is 2. The fourth-order valence-corrected chi connectivity index (χ4v) is 2.11. The smallest absolute Gasteiger partial charge is 0.197 e. The molecule has 1 rings (SSSR count). The molecule has 13 heavy (non-hydrogen) atoms. The van der Waals surface area contributed by atoms with E-state index >= 15 is 0 Å². The van der Waals surface area contributed by atoms with Crippen molar-refractivity contribution in [2.75, 3.05) is 4.84 Å². The molecule has 0 saturated heterocycles. The first-order valence-corrected chi connectivity index (χ1v) is 5.72. The van der Waals surface area contributed by atoms with E-state index in [9.17, 15) is 0 Å². The number of nitrogens with two attached hydrogens (primary N) is 1. The van der Waals surface area contributed by atoms with Gasteiger partial charge in [0.15, 0.2) is 10.3 Å². The molecule has 4 nitrogen and oxygen atoms in total. The number of anilines is 1. The Morgan fingerprint density at radius 3 is 3.15 bits per heavy atom. The molecule has 0 aliphatic carbocycles. The number of hydrogen-bond acceptors (Lipinski definition) is 5. The maximum absolute atomic E-state index is 5.38. The van der Waals surface area contributed by atoms with Gasteiger partial charge in [-0.05, 0) is 0 Å². The molecule has 0 saturated carbocycles. The summed E-state index contributed by atoms with van der Waals surface area (Å²) in [6, 6.07) is 0. The summed E-state index contributed by atoms with van der Waals surface area (Å²) in [7, 11) is 0. The minimum Gasteiger partial charge on any atom is -0.377 e. The van der Waals surface area contributed by atoms with E-state index in [0.717, 1.165) is 5.69 Å². The maximum Gasteiger partial charge on any atom is 0.197 e. The lowest BCUT2D eigenvalue weighted by Crippen LogP contribution is -2.04. The van der Waals surface area contributed by atoms with Crippen LogP contribution in [0.1, 0.15) is 5.69 Å². The van der Waals surface area contributed by atoms with E-state index in [1.54, 1.807) is 0 Å². The van der Waals surface area contributed by atoms with Crippen molar-refractivity contribution in [2.45, 2.75) is 5.75 Å². The molecular weight excluding hydrogens is 251 g/mol. The normalized spacial score (nSPS) is 11.7. The molecule has 0 aromatic carbocycles. The standard InChI is InChI=1S/C5H6Cl2N4S2/c6-10-4(8)12-1-3-2-13-5(9-3)11-7/h2H,1H2,(H2,8,10)(H,9,11). The van der Waals surface area contributed by atoms with Crippen LogP contribution < -0.4 is 10.6 Å². The molecule has 72 valence electrons. The molecule has 8 heteroatoms. The van der Waals surface area contributed by atoms with E-state index in [4.69, 9.17) is 29.3 Å². The number of nitrogens with zero attached hydrogens (tertiary/aromatic N) is 2. The zero-order valence-electron chi connectivity index (χ0n) is 6.33. The van der Waals surface area contributed by atoms with Crippen LogP contribution in [0.5, 0.6) is 0 Å². The number of thiazole rings is 1. The second-order valence-corrected chi connectivity index (χ2v) is 4.16. The summed E-state index contributed by atoms with van der Waals surface area (Å²) in [6.07, 6.45) is 0. The van der Waals surface area contributed by atoms with E-state index in [-0.39, 0.29) is 0 Å². The number of thioether (sulfide) groups is 1. The van der Waals surface area contributed by atoms with Gasteiger partial charge in [-0.3, -0.25) is 4.84 Å². The Labute approximate surface area is 93.8 Å². The van der Waals surface area contributed by atoms with Gasteiger partial charge in [-0.25, -0.2) is 4.98 Å². The maximum atomic E-state index is 5.38. The monoisotopic (exact) mass is 256 g/mol. The zero-order valence-corrected chi connectivity index (χ0v) is 9.47. The molecule has 1 aromatic rings. The Morgan fingerprint density at radius 2 is 2.62 bits per heavy atom. The fourth-order valence-electron chi connectivity index (χ4n) is 0.589. The molecule has 0 aliphatic rings. The average Bonchev–Trinajstić information content (AvgIpc) is 2.61. The Morgan fingerprint density at radius 1 is 1.85 bits per heavy atom. The van der Waals surface area contributed by atoms with Crippen molar-refractivity contribution in [3.05, 3.63) is 11.1 Å². The highest BCUT2D eigenvalue weighted by molar-refractivity contribution is 8.13. The van der Waals surface area contributed by atoms with Crippen molar-refractivity contribution in [3.63, 3.8) is 0 Å². The summed E-state index contributed by atoms with van der Waals surface area (Å²) in [4.78, 5) is 6.57. The van der Waals surface area contributed by atoms with Crippen LogP contribution >= 0.6 is 46.7 Å². The van der Waals surface area contributed by atoms with Gasteiger partial charge < -0.3 is 5.73 Å². The first kappa shape index (κ1) is 10.9. The largest absolute Gasteiger partial charge is 0.377 e. The molecule has 3 N–H and O–H groups in total. The van der Waals surface area contributed by atoms with Gasteiger partial charge in [0, 0.05) is 34.7 Å². The molecule has 1 aromatic heterocycles. The van der Waals surface area contributed by atoms with Gasteiger partial charge in [0.25, 0.3) is 0 Å². The highest BCUT2D eigenvalue weighted by atomic mass is 35.5. The highest BCUT2D eigenvalue weighted by Crippen LogP contribution is 2.19. The molecule has 0 amide bonds. The Bertz CT molecular complexity index is 300. The third kappa shape index (κ3) is 3.60. The van der Waals surface area contributed by atoms with Gasteiger partial charge in [0.1, 0.15) is 0 Å². The van der Waals surface area contributed by atoms with Gasteiger partial charge in [-0.2, -0.15) is 4.51 Å². The summed E-state index contributed by atoms with van der Waals surface area (Å²) in [6.45, 7) is 0. The Hall–Kier alpha value is -0.170. The summed E-state index contributed by atoms with van der Waals surface area (Å²) in [5.74, 6) is 0.636. The molecule has 1 heterocycles. The van der Waals surface area contributed by atoms with Crippen molar-refractivity contribution >= 4 is 57.0 Å². The minimum atomic E-state index is 0.329. The van der Waals surface area contributed by atoms with E-state index in [2.05, 4.69) is 14.3 Å². The highest BCUT2D eigenvalue weighted by Gasteiger charge is 2.02. The van der Waals surface area contributed by atoms with Crippen LogP contribution in [0.2, 0.25) is 0 Å². The van der Waals surface area contributed by atoms with Crippen LogP contribution in [0, 0.1) is 0 Å². The van der Waals surface area contributed by atoms with Crippen molar-refractivity contribution in [2.24, 2.45) is 10.2 Å². The van der Waals surface area contributed by atoms with E-state index in [0.29, 0.717) is 16.1 Å². The van der Waals surface area contributed by atoms with Gasteiger partial charge in [0.2, 0.25) is 0 Å². The average molecular weight is 257 g/mol. The van der Waals surface area contributed by atoms with Crippen molar-refractivity contribution in [1.82, 2.24) is 4.98 Å². The number of halogens is 2. The van der Waals surface area contributed by atoms with Crippen LogP contribution in [0.15, 0.2) is 9.89 Å². The molecule has 0 atom stereocenters. The summed E-state index contributed by atoms with van der Waals surface area (Å²) < 4.78 is 3.29. The summed E-state index contributed by atoms with van der Waals surface area (Å²) in [5, 5.41) is 2.88. The summed E-state index contributed by atoms with van der Waals surface area (Å²) >= 11 is 13.2. The molecule has 0 fully saturated rings. The van der Waals surface area contributed by atoms with Crippen molar-refractivity contribution in [3.8, 4) is 0 Å². The van der Waals surface area contributed by atoms with Crippen LogP contribution in [-0.4, -0.2) is 10.2 Å². The third-order valence-corrected chi connectivity index (χ3v) is 3.29. The predicted molar refractivity (Wildman–Crippen MR) is 60.4 cm³/mol. The lowest BCUT2D eigenvalue weighted by molar-refractivity contribution is 1.24. The van der Waals surface area contributed by atoms with Crippen LogP contribution in [0.3, 0.4) is 0 Å². The van der Waals surface area contributed by atoms with Gasteiger partial charge in [0.05, 0.1) is 5.69 Å². The SMILES string of the molecule is NC(=NCl)SCc1csc(NCl)n1. The summed E-state index contributed by atoms with van der Waals surface area (Å²) in [5.41, 5.74) is 6.27. The Balaban J connectivity index is 2.45. The second-order valence-electron chi connectivity index (χ2n) is 1.95. The first-order chi connectivity index (χ1) is 6.26. The van der Waals surface area contributed by atoms with Gasteiger partial charge in [-0.1, -0.05) is 11.8 Å². The van der Waals surface area contributed by atoms with E-state index in [1.807, 2.05) is 5.38 Å². The quantitative estimate of drug-likeness (QED) is 0.496. The lowest BCUT2D eigenvalue weighted by Gasteiger charge is -1.94. The molecule has 0 unspecified atom stereocenters. The number of aromatic nitrogens is 1. The van der Waals surface area contributed by atoms with Gasteiger partial charge in [-0.15, -0.1) is 11.3 Å². The van der Waals surface area contributed by atoms with E-state index in [1.165, 1.54) is 23.1 Å². The Kier molecular flexibility index (Phi) is 4.65. The molecule has 0 spiro atoms. The second kappa shape index (κ2) is 5.54. The number of rotatable bonds is 3.